The normalized spacial score (nSPS) is 11.4. The lowest BCUT2D eigenvalue weighted by atomic mass is 10.3. The first-order chi connectivity index (χ1) is 9.51. The van der Waals surface area contributed by atoms with Gasteiger partial charge in [0.2, 0.25) is 5.88 Å². The van der Waals surface area contributed by atoms with Gasteiger partial charge in [0.1, 0.15) is 17.3 Å². The third kappa shape index (κ3) is 3.14. The van der Waals surface area contributed by atoms with Crippen molar-refractivity contribution in [3.8, 4) is 11.6 Å². The number of rotatable bonds is 3. The summed E-state index contributed by atoms with van der Waals surface area (Å²) < 4.78 is 19.2. The summed E-state index contributed by atoms with van der Waals surface area (Å²) in [6, 6.07) is 2.48. The predicted octanol–water partition coefficient (Wildman–Crippen LogP) is 2.92. The summed E-state index contributed by atoms with van der Waals surface area (Å²) in [5, 5.41) is 11.2. The van der Waals surface area contributed by atoms with Crippen LogP contribution < -0.4 is 10.5 Å². The highest BCUT2D eigenvalue weighted by Gasteiger charge is 2.10. The summed E-state index contributed by atoms with van der Waals surface area (Å²) in [6.45, 7) is 0. The number of nitrogens with zero attached hydrogens (tertiary/aromatic N) is 3. The Labute approximate surface area is 126 Å². The lowest BCUT2D eigenvalue weighted by Gasteiger charge is -2.07. The first-order valence-electron chi connectivity index (χ1n) is 5.13. The standard InChI is InChI=1S/C11H7BrClFN4O2/c12-5-1-6(13)7(14)2-9(5)20-10-4-16-8(3-17-10)11(15)18-19/h1-4,19H,(H2,15,18). The summed E-state index contributed by atoms with van der Waals surface area (Å²) in [7, 11) is 0. The van der Waals surface area contributed by atoms with Gasteiger partial charge < -0.3 is 15.7 Å². The Morgan fingerprint density at radius 2 is 2.15 bits per heavy atom. The van der Waals surface area contributed by atoms with Crippen LogP contribution in [0.15, 0.2) is 34.2 Å². The van der Waals surface area contributed by atoms with Crippen LogP contribution in [0.3, 0.4) is 0 Å². The highest BCUT2D eigenvalue weighted by Crippen LogP contribution is 2.32. The van der Waals surface area contributed by atoms with Gasteiger partial charge in [-0.3, -0.25) is 0 Å². The second-order valence-corrected chi connectivity index (χ2v) is 4.79. The van der Waals surface area contributed by atoms with Crippen LogP contribution >= 0.6 is 27.5 Å². The first kappa shape index (κ1) is 14.5. The zero-order chi connectivity index (χ0) is 14.7. The molecule has 0 unspecified atom stereocenters. The van der Waals surface area contributed by atoms with Crippen molar-refractivity contribution in [3.05, 3.63) is 45.5 Å². The average molecular weight is 362 g/mol. The van der Waals surface area contributed by atoms with Crippen LogP contribution in [0.2, 0.25) is 5.02 Å². The Morgan fingerprint density at radius 1 is 1.40 bits per heavy atom. The molecule has 1 aromatic carbocycles. The van der Waals surface area contributed by atoms with E-state index in [-0.39, 0.29) is 28.2 Å². The van der Waals surface area contributed by atoms with E-state index in [0.717, 1.165) is 6.07 Å². The number of oxime groups is 1. The smallest absolute Gasteiger partial charge is 0.237 e. The van der Waals surface area contributed by atoms with Crippen molar-refractivity contribution >= 4 is 33.4 Å². The van der Waals surface area contributed by atoms with Gasteiger partial charge in [0.05, 0.1) is 21.9 Å². The number of ether oxygens (including phenoxy) is 1. The van der Waals surface area contributed by atoms with Crippen LogP contribution in [-0.2, 0) is 0 Å². The average Bonchev–Trinajstić information content (AvgIpc) is 2.44. The minimum absolute atomic E-state index is 0.0300. The molecule has 2 rings (SSSR count). The second-order valence-electron chi connectivity index (χ2n) is 3.52. The van der Waals surface area contributed by atoms with Crippen LogP contribution in [0.25, 0.3) is 0 Å². The van der Waals surface area contributed by atoms with E-state index in [0.29, 0.717) is 4.47 Å². The van der Waals surface area contributed by atoms with Crippen molar-refractivity contribution < 1.29 is 14.3 Å². The Morgan fingerprint density at radius 3 is 2.75 bits per heavy atom. The zero-order valence-electron chi connectivity index (χ0n) is 9.72. The summed E-state index contributed by atoms with van der Waals surface area (Å²) in [4.78, 5) is 7.78. The van der Waals surface area contributed by atoms with Gasteiger partial charge in [-0.15, -0.1) is 0 Å². The van der Waals surface area contributed by atoms with E-state index in [1.165, 1.54) is 18.5 Å². The fourth-order valence-corrected chi connectivity index (χ4v) is 1.97. The van der Waals surface area contributed by atoms with Crippen LogP contribution in [0.5, 0.6) is 11.6 Å². The molecule has 0 aliphatic carbocycles. The molecule has 0 spiro atoms. The fourth-order valence-electron chi connectivity index (χ4n) is 1.25. The molecule has 0 bridgehead atoms. The van der Waals surface area contributed by atoms with Gasteiger partial charge in [0.15, 0.2) is 5.84 Å². The molecule has 20 heavy (non-hydrogen) atoms. The van der Waals surface area contributed by atoms with Crippen molar-refractivity contribution in [2.24, 2.45) is 10.9 Å². The molecule has 9 heteroatoms. The van der Waals surface area contributed by atoms with Crippen LogP contribution in [0.1, 0.15) is 5.69 Å². The van der Waals surface area contributed by atoms with E-state index in [2.05, 4.69) is 31.1 Å². The van der Waals surface area contributed by atoms with Gasteiger partial charge in [0.25, 0.3) is 0 Å². The number of nitrogens with two attached hydrogens (primary N) is 1. The van der Waals surface area contributed by atoms with Crippen molar-refractivity contribution in [2.75, 3.05) is 0 Å². The minimum atomic E-state index is -0.619. The summed E-state index contributed by atoms with van der Waals surface area (Å²) in [6.07, 6.45) is 2.51. The van der Waals surface area contributed by atoms with Gasteiger partial charge in [-0.25, -0.2) is 14.4 Å². The maximum absolute atomic E-state index is 13.3. The van der Waals surface area contributed by atoms with E-state index in [1.807, 2.05) is 0 Å². The van der Waals surface area contributed by atoms with E-state index < -0.39 is 5.82 Å². The van der Waals surface area contributed by atoms with Crippen LogP contribution in [0.4, 0.5) is 4.39 Å². The zero-order valence-corrected chi connectivity index (χ0v) is 12.1. The molecule has 0 radical (unpaired) electrons. The van der Waals surface area contributed by atoms with Gasteiger partial charge in [-0.05, 0) is 22.0 Å². The third-order valence-electron chi connectivity index (χ3n) is 2.19. The van der Waals surface area contributed by atoms with E-state index in [4.69, 9.17) is 27.3 Å². The molecule has 2 aromatic rings. The van der Waals surface area contributed by atoms with Crippen LogP contribution in [-0.4, -0.2) is 21.0 Å². The summed E-state index contributed by atoms with van der Waals surface area (Å²) in [5.74, 6) is -0.492. The Hall–Kier alpha value is -1.93. The monoisotopic (exact) mass is 360 g/mol. The van der Waals surface area contributed by atoms with Gasteiger partial charge >= 0.3 is 0 Å². The molecule has 1 heterocycles. The largest absolute Gasteiger partial charge is 0.436 e. The van der Waals surface area contributed by atoms with E-state index in [9.17, 15) is 4.39 Å². The van der Waals surface area contributed by atoms with Gasteiger partial charge in [-0.2, -0.15) is 0 Å². The van der Waals surface area contributed by atoms with Gasteiger partial charge in [-0.1, -0.05) is 16.8 Å². The number of hydrogen-bond acceptors (Lipinski definition) is 5. The Balaban J connectivity index is 2.24. The van der Waals surface area contributed by atoms with Crippen molar-refractivity contribution in [2.45, 2.75) is 0 Å². The second kappa shape index (κ2) is 6.02. The minimum Gasteiger partial charge on any atom is -0.436 e. The molecule has 0 atom stereocenters. The maximum atomic E-state index is 13.3. The fraction of sp³-hybridized carbons (Fsp3) is 0. The molecule has 0 aliphatic heterocycles. The molecular formula is C11H7BrClFN4O2. The number of hydrogen-bond donors (Lipinski definition) is 2. The summed E-state index contributed by atoms with van der Waals surface area (Å²) >= 11 is 8.81. The molecule has 1 aromatic heterocycles. The first-order valence-corrected chi connectivity index (χ1v) is 6.30. The van der Waals surface area contributed by atoms with E-state index in [1.54, 1.807) is 0 Å². The van der Waals surface area contributed by atoms with Crippen LogP contribution in [0, 0.1) is 5.82 Å². The molecule has 104 valence electrons. The van der Waals surface area contributed by atoms with Crippen molar-refractivity contribution in [3.63, 3.8) is 0 Å². The number of aromatic nitrogens is 2. The Bertz CT molecular complexity index is 666. The molecule has 3 N–H and O–H groups in total. The predicted molar refractivity (Wildman–Crippen MR) is 73.7 cm³/mol. The van der Waals surface area contributed by atoms with E-state index >= 15 is 0 Å². The SMILES string of the molecule is N/C(=N/O)c1cnc(Oc2cc(F)c(Cl)cc2Br)cn1. The van der Waals surface area contributed by atoms with Crippen molar-refractivity contribution in [1.29, 1.82) is 0 Å². The maximum Gasteiger partial charge on any atom is 0.237 e. The molecule has 0 saturated carbocycles. The molecule has 6 nitrogen and oxygen atoms in total. The third-order valence-corrected chi connectivity index (χ3v) is 3.10. The topological polar surface area (TPSA) is 93.6 Å². The van der Waals surface area contributed by atoms with Gasteiger partial charge in [0, 0.05) is 6.07 Å². The molecule has 0 saturated heterocycles. The lowest BCUT2D eigenvalue weighted by Crippen LogP contribution is -2.15. The highest BCUT2D eigenvalue weighted by molar-refractivity contribution is 9.10. The molecule has 0 fully saturated rings. The molecule has 0 aliphatic rings. The quantitative estimate of drug-likeness (QED) is 0.288. The number of amidine groups is 1. The van der Waals surface area contributed by atoms with Crippen molar-refractivity contribution in [1.82, 2.24) is 9.97 Å². The number of halogens is 3. The lowest BCUT2D eigenvalue weighted by molar-refractivity contribution is 0.318. The highest BCUT2D eigenvalue weighted by atomic mass is 79.9. The molecule has 0 amide bonds. The Kier molecular flexibility index (Phi) is 4.35. The molecular weight excluding hydrogens is 355 g/mol. The summed E-state index contributed by atoms with van der Waals surface area (Å²) in [5.41, 5.74) is 5.52. The number of benzene rings is 1.